The number of ether oxygens (including phenoxy) is 2. The van der Waals surface area contributed by atoms with Crippen LogP contribution in [0.3, 0.4) is 0 Å². The van der Waals surface area contributed by atoms with Gasteiger partial charge < -0.3 is 14.4 Å². The van der Waals surface area contributed by atoms with Crippen molar-refractivity contribution in [1.29, 1.82) is 0 Å². The smallest absolute Gasteiger partial charge is 0.0644 e. The van der Waals surface area contributed by atoms with Crippen molar-refractivity contribution in [3.63, 3.8) is 0 Å². The zero-order valence-corrected chi connectivity index (χ0v) is 22.6. The number of rotatable bonds is 26. The molecule has 0 aliphatic rings. The Bertz CT molecular complexity index is 370. The topological polar surface area (TPSA) is 21.7 Å². The molecule has 0 fully saturated rings. The van der Waals surface area contributed by atoms with Crippen LogP contribution in [-0.2, 0) is 9.47 Å². The molecule has 1 atom stereocenters. The summed E-state index contributed by atoms with van der Waals surface area (Å²) in [7, 11) is 4.26. The van der Waals surface area contributed by atoms with E-state index in [1.807, 2.05) is 0 Å². The van der Waals surface area contributed by atoms with Crippen molar-refractivity contribution in [2.45, 2.75) is 135 Å². The Morgan fingerprint density at radius 3 is 1.34 bits per heavy atom. The highest BCUT2D eigenvalue weighted by Crippen LogP contribution is 2.09. The van der Waals surface area contributed by atoms with Gasteiger partial charge >= 0.3 is 0 Å². The van der Waals surface area contributed by atoms with Gasteiger partial charge in [-0.2, -0.15) is 0 Å². The first kappa shape index (κ1) is 31.6. The van der Waals surface area contributed by atoms with Gasteiger partial charge in [-0.15, -0.1) is 0 Å². The molecule has 32 heavy (non-hydrogen) atoms. The minimum absolute atomic E-state index is 0.370. The maximum absolute atomic E-state index is 5.96. The van der Waals surface area contributed by atoms with Crippen LogP contribution in [0, 0.1) is 0 Å². The van der Waals surface area contributed by atoms with Crippen LogP contribution in [-0.4, -0.2) is 51.5 Å². The molecule has 0 bridgehead atoms. The van der Waals surface area contributed by atoms with Gasteiger partial charge in [0.05, 0.1) is 19.3 Å². The minimum Gasteiger partial charge on any atom is -0.380 e. The first-order valence-electron chi connectivity index (χ1n) is 14.2. The maximum Gasteiger partial charge on any atom is 0.0644 e. The first-order chi connectivity index (χ1) is 15.7. The standard InChI is InChI=1S/C29H59NO2/c1-5-7-9-11-13-14-15-16-17-18-19-20-22-24-26-32-28-29(30(3)4)27-31-25-23-21-12-10-8-6-2/h14-15,29H,5-13,16-28H2,1-4H3/t29-/m0/s1. The summed E-state index contributed by atoms with van der Waals surface area (Å²) < 4.78 is 11.9. The molecule has 0 aromatic heterocycles. The van der Waals surface area contributed by atoms with E-state index in [-0.39, 0.29) is 0 Å². The van der Waals surface area contributed by atoms with Crippen LogP contribution < -0.4 is 0 Å². The number of hydrogen-bond donors (Lipinski definition) is 0. The molecule has 0 saturated heterocycles. The summed E-state index contributed by atoms with van der Waals surface area (Å²) in [6.07, 6.45) is 28.7. The molecule has 3 nitrogen and oxygen atoms in total. The van der Waals surface area contributed by atoms with Crippen LogP contribution in [0.15, 0.2) is 12.2 Å². The Labute approximate surface area is 202 Å². The molecular weight excluding hydrogens is 394 g/mol. The van der Waals surface area contributed by atoms with Crippen LogP contribution in [0.2, 0.25) is 0 Å². The van der Waals surface area contributed by atoms with Crippen molar-refractivity contribution in [2.75, 3.05) is 40.5 Å². The lowest BCUT2D eigenvalue weighted by atomic mass is 10.1. The Kier molecular flexibility index (Phi) is 26.5. The van der Waals surface area contributed by atoms with E-state index >= 15 is 0 Å². The van der Waals surface area contributed by atoms with Crippen molar-refractivity contribution < 1.29 is 9.47 Å². The van der Waals surface area contributed by atoms with E-state index in [0.717, 1.165) is 26.4 Å². The lowest BCUT2D eigenvalue weighted by Gasteiger charge is -2.24. The third-order valence-corrected chi connectivity index (χ3v) is 6.29. The van der Waals surface area contributed by atoms with E-state index in [0.29, 0.717) is 6.04 Å². The zero-order chi connectivity index (χ0) is 23.5. The van der Waals surface area contributed by atoms with Crippen molar-refractivity contribution in [2.24, 2.45) is 0 Å². The Hall–Kier alpha value is -0.380. The largest absolute Gasteiger partial charge is 0.380 e. The molecule has 0 unspecified atom stereocenters. The number of hydrogen-bond acceptors (Lipinski definition) is 3. The summed E-state index contributed by atoms with van der Waals surface area (Å²) in [4.78, 5) is 2.24. The molecule has 0 aliphatic carbocycles. The molecule has 0 rings (SSSR count). The van der Waals surface area contributed by atoms with Gasteiger partial charge in [0.2, 0.25) is 0 Å². The van der Waals surface area contributed by atoms with Gasteiger partial charge in [0.25, 0.3) is 0 Å². The van der Waals surface area contributed by atoms with Crippen LogP contribution in [0.4, 0.5) is 0 Å². The number of likely N-dealkylation sites (N-methyl/N-ethyl adjacent to an activating group) is 1. The molecule has 0 aliphatic heterocycles. The van der Waals surface area contributed by atoms with Crippen LogP contribution in [0.1, 0.15) is 129 Å². The summed E-state index contributed by atoms with van der Waals surface area (Å²) in [5, 5.41) is 0. The highest BCUT2D eigenvalue weighted by Gasteiger charge is 2.11. The normalized spacial score (nSPS) is 12.9. The summed E-state index contributed by atoms with van der Waals surface area (Å²) in [6.45, 7) is 7.90. The number of unbranched alkanes of at least 4 members (excludes halogenated alkanes) is 15. The van der Waals surface area contributed by atoms with E-state index in [4.69, 9.17) is 9.47 Å². The SMILES string of the molecule is CCCCCCC=CCCCCCCCCOC[C@H](COCCCCCCCC)N(C)C. The Morgan fingerprint density at radius 1 is 0.531 bits per heavy atom. The van der Waals surface area contributed by atoms with Crippen molar-refractivity contribution >= 4 is 0 Å². The zero-order valence-electron chi connectivity index (χ0n) is 22.6. The van der Waals surface area contributed by atoms with E-state index in [1.165, 1.54) is 116 Å². The van der Waals surface area contributed by atoms with Crippen molar-refractivity contribution in [3.05, 3.63) is 12.2 Å². The van der Waals surface area contributed by atoms with Gasteiger partial charge in [-0.1, -0.05) is 103 Å². The monoisotopic (exact) mass is 453 g/mol. The van der Waals surface area contributed by atoms with Gasteiger partial charge in [-0.3, -0.25) is 0 Å². The molecule has 0 aromatic carbocycles. The minimum atomic E-state index is 0.370. The van der Waals surface area contributed by atoms with Crippen molar-refractivity contribution in [3.8, 4) is 0 Å². The molecule has 0 spiro atoms. The first-order valence-corrected chi connectivity index (χ1v) is 14.2. The lowest BCUT2D eigenvalue weighted by molar-refractivity contribution is 0.0197. The van der Waals surface area contributed by atoms with Crippen LogP contribution in [0.25, 0.3) is 0 Å². The summed E-state index contributed by atoms with van der Waals surface area (Å²) in [5.41, 5.74) is 0. The predicted molar refractivity (Wildman–Crippen MR) is 143 cm³/mol. The fraction of sp³-hybridized carbons (Fsp3) is 0.931. The van der Waals surface area contributed by atoms with Gasteiger partial charge in [0.1, 0.15) is 0 Å². The Balaban J connectivity index is 3.42. The second-order valence-electron chi connectivity index (χ2n) is 9.77. The molecule has 0 radical (unpaired) electrons. The summed E-state index contributed by atoms with van der Waals surface area (Å²) >= 11 is 0. The lowest BCUT2D eigenvalue weighted by Crippen LogP contribution is -2.37. The summed E-state index contributed by atoms with van der Waals surface area (Å²) in [6, 6.07) is 0.370. The van der Waals surface area contributed by atoms with Gasteiger partial charge in [-0.25, -0.2) is 0 Å². The van der Waals surface area contributed by atoms with Gasteiger partial charge in [0, 0.05) is 13.2 Å². The maximum atomic E-state index is 5.96. The third-order valence-electron chi connectivity index (χ3n) is 6.29. The number of nitrogens with zero attached hydrogens (tertiary/aromatic N) is 1. The molecule has 0 amide bonds. The van der Waals surface area contributed by atoms with E-state index in [9.17, 15) is 0 Å². The highest BCUT2D eigenvalue weighted by molar-refractivity contribution is 4.81. The Morgan fingerprint density at radius 2 is 0.906 bits per heavy atom. The second kappa shape index (κ2) is 26.9. The average molecular weight is 454 g/mol. The summed E-state index contributed by atoms with van der Waals surface area (Å²) in [5.74, 6) is 0. The van der Waals surface area contributed by atoms with Crippen LogP contribution >= 0.6 is 0 Å². The fourth-order valence-electron chi connectivity index (χ4n) is 3.87. The molecule has 0 heterocycles. The molecule has 3 heteroatoms. The van der Waals surface area contributed by atoms with Crippen molar-refractivity contribution in [1.82, 2.24) is 4.90 Å². The van der Waals surface area contributed by atoms with Gasteiger partial charge in [-0.05, 0) is 52.6 Å². The van der Waals surface area contributed by atoms with E-state index in [1.54, 1.807) is 0 Å². The highest BCUT2D eigenvalue weighted by atomic mass is 16.5. The average Bonchev–Trinajstić information content (AvgIpc) is 2.78. The molecule has 0 aromatic rings. The fourth-order valence-corrected chi connectivity index (χ4v) is 3.87. The molecule has 0 saturated carbocycles. The van der Waals surface area contributed by atoms with Gasteiger partial charge in [0.15, 0.2) is 0 Å². The van der Waals surface area contributed by atoms with E-state index in [2.05, 4.69) is 45.0 Å². The van der Waals surface area contributed by atoms with Crippen LogP contribution in [0.5, 0.6) is 0 Å². The molecule has 192 valence electrons. The second-order valence-corrected chi connectivity index (χ2v) is 9.77. The molecular formula is C29H59NO2. The predicted octanol–water partition coefficient (Wildman–Crippen LogP) is 8.57. The molecule has 0 N–H and O–H groups in total. The van der Waals surface area contributed by atoms with E-state index < -0.39 is 0 Å². The quantitative estimate of drug-likeness (QED) is 0.0966. The number of allylic oxidation sites excluding steroid dienone is 2. The third kappa shape index (κ3) is 24.3.